The smallest absolute Gasteiger partial charge is 0.342 e. The average Bonchev–Trinajstić information content (AvgIpc) is 2.64. The van der Waals surface area contributed by atoms with Gasteiger partial charge in [-0.3, -0.25) is 4.79 Å². The van der Waals surface area contributed by atoms with Gasteiger partial charge in [0.2, 0.25) is 5.91 Å². The summed E-state index contributed by atoms with van der Waals surface area (Å²) >= 11 is 0. The summed E-state index contributed by atoms with van der Waals surface area (Å²) in [5, 5.41) is 0. The van der Waals surface area contributed by atoms with Gasteiger partial charge in [-0.25, -0.2) is 0 Å². The summed E-state index contributed by atoms with van der Waals surface area (Å²) in [5.74, 6) is 0.177. The number of alkyl halides is 3. The molecule has 1 aliphatic heterocycles. The van der Waals surface area contributed by atoms with Crippen LogP contribution in [0.3, 0.4) is 0 Å². The van der Waals surface area contributed by atoms with Crippen LogP contribution in [0.4, 0.5) is 13.2 Å². The van der Waals surface area contributed by atoms with Gasteiger partial charge in [0.1, 0.15) is 0 Å². The normalized spacial score (nSPS) is 25.1. The Morgan fingerprint density at radius 1 is 1.11 bits per heavy atom. The second-order valence-electron chi connectivity index (χ2n) is 7.89. The standard InChI is InChI=1S/C22H22F3NO/c1-21-12-11-20(27)26(2)19(21)10-8-15-13-14(7-9-17(15)21)16-5-3-4-6-18(16)22(23,24)25/h3-7,9,13,19H,8,10-12H2,1-2H3/t19-,21-/m1/s1. The van der Waals surface area contributed by atoms with Gasteiger partial charge in [-0.15, -0.1) is 0 Å². The van der Waals surface area contributed by atoms with Gasteiger partial charge in [-0.1, -0.05) is 43.3 Å². The van der Waals surface area contributed by atoms with Crippen molar-refractivity contribution in [1.82, 2.24) is 4.90 Å². The Morgan fingerprint density at radius 2 is 1.85 bits per heavy atom. The summed E-state index contributed by atoms with van der Waals surface area (Å²) in [6.45, 7) is 2.18. The molecule has 0 N–H and O–H groups in total. The Hall–Kier alpha value is -2.30. The Balaban J connectivity index is 1.79. The van der Waals surface area contributed by atoms with E-state index in [0.717, 1.165) is 30.9 Å². The number of hydrogen-bond donors (Lipinski definition) is 0. The van der Waals surface area contributed by atoms with Crippen LogP contribution >= 0.6 is 0 Å². The number of halogens is 3. The second kappa shape index (κ2) is 6.11. The molecule has 0 bridgehead atoms. The Morgan fingerprint density at radius 3 is 2.59 bits per heavy atom. The zero-order valence-corrected chi connectivity index (χ0v) is 15.4. The molecular weight excluding hydrogens is 351 g/mol. The minimum atomic E-state index is -4.38. The summed E-state index contributed by atoms with van der Waals surface area (Å²) in [5.41, 5.74) is 2.35. The van der Waals surface area contributed by atoms with Gasteiger partial charge in [-0.2, -0.15) is 13.2 Å². The maximum atomic E-state index is 13.4. The van der Waals surface area contributed by atoms with Crippen molar-refractivity contribution in [3.05, 3.63) is 59.2 Å². The molecule has 1 aliphatic carbocycles. The van der Waals surface area contributed by atoms with Crippen LogP contribution in [0, 0.1) is 0 Å². The van der Waals surface area contributed by atoms with E-state index in [9.17, 15) is 18.0 Å². The molecule has 0 saturated carbocycles. The lowest BCUT2D eigenvalue weighted by molar-refractivity contribution is -0.138. The topological polar surface area (TPSA) is 20.3 Å². The van der Waals surface area contributed by atoms with E-state index in [2.05, 4.69) is 6.92 Å². The van der Waals surface area contributed by atoms with Crippen molar-refractivity contribution in [1.29, 1.82) is 0 Å². The van der Waals surface area contributed by atoms with Crippen LogP contribution in [0.25, 0.3) is 11.1 Å². The van der Waals surface area contributed by atoms with E-state index >= 15 is 0 Å². The third kappa shape index (κ3) is 2.84. The summed E-state index contributed by atoms with van der Waals surface area (Å²) in [6, 6.07) is 11.6. The van der Waals surface area contributed by atoms with Crippen molar-refractivity contribution in [2.24, 2.45) is 0 Å². The predicted molar refractivity (Wildman–Crippen MR) is 98.3 cm³/mol. The van der Waals surface area contributed by atoms with Crippen LogP contribution in [-0.2, 0) is 22.8 Å². The van der Waals surface area contributed by atoms with Crippen molar-refractivity contribution >= 4 is 5.91 Å². The van der Waals surface area contributed by atoms with Gasteiger partial charge in [-0.05, 0) is 47.6 Å². The van der Waals surface area contributed by atoms with E-state index < -0.39 is 11.7 Å². The molecule has 5 heteroatoms. The van der Waals surface area contributed by atoms with Gasteiger partial charge < -0.3 is 4.90 Å². The quantitative estimate of drug-likeness (QED) is 0.673. The van der Waals surface area contributed by atoms with E-state index in [4.69, 9.17) is 0 Å². The third-order valence-corrected chi connectivity index (χ3v) is 6.41. The number of carbonyl (C=O) groups is 1. The molecule has 1 heterocycles. The van der Waals surface area contributed by atoms with E-state index in [-0.39, 0.29) is 22.9 Å². The lowest BCUT2D eigenvalue weighted by atomic mass is 9.63. The van der Waals surface area contributed by atoms with Crippen LogP contribution in [0.15, 0.2) is 42.5 Å². The third-order valence-electron chi connectivity index (χ3n) is 6.41. The van der Waals surface area contributed by atoms with Crippen LogP contribution in [0.1, 0.15) is 42.9 Å². The number of carbonyl (C=O) groups excluding carboxylic acids is 1. The average molecular weight is 373 g/mol. The molecular formula is C22H22F3NO. The fourth-order valence-corrected chi connectivity index (χ4v) is 4.94. The number of nitrogens with zero attached hydrogens (tertiary/aromatic N) is 1. The largest absolute Gasteiger partial charge is 0.417 e. The molecule has 2 aromatic rings. The molecule has 0 radical (unpaired) electrons. The number of likely N-dealkylation sites (tertiary alicyclic amines) is 1. The fraction of sp³-hybridized carbons (Fsp3) is 0.409. The number of amides is 1. The minimum absolute atomic E-state index is 0.141. The fourth-order valence-electron chi connectivity index (χ4n) is 4.94. The van der Waals surface area contributed by atoms with Gasteiger partial charge in [0.05, 0.1) is 5.56 Å². The number of likely N-dealkylation sites (N-methyl/N-ethyl adjacent to an activating group) is 1. The minimum Gasteiger partial charge on any atom is -0.342 e. The van der Waals surface area contributed by atoms with E-state index in [0.29, 0.717) is 12.0 Å². The maximum Gasteiger partial charge on any atom is 0.417 e. The van der Waals surface area contributed by atoms with Crippen molar-refractivity contribution in [2.75, 3.05) is 7.05 Å². The van der Waals surface area contributed by atoms with Gasteiger partial charge in [0, 0.05) is 24.9 Å². The Bertz CT molecular complexity index is 905. The molecule has 1 fully saturated rings. The Kier molecular flexibility index (Phi) is 4.09. The van der Waals surface area contributed by atoms with Crippen molar-refractivity contribution in [2.45, 2.75) is 50.2 Å². The van der Waals surface area contributed by atoms with Crippen molar-refractivity contribution in [3.8, 4) is 11.1 Å². The van der Waals surface area contributed by atoms with E-state index in [1.165, 1.54) is 17.7 Å². The highest BCUT2D eigenvalue weighted by molar-refractivity contribution is 5.78. The summed E-state index contributed by atoms with van der Waals surface area (Å²) < 4.78 is 40.2. The Labute approximate surface area is 157 Å². The van der Waals surface area contributed by atoms with Crippen LogP contribution in [-0.4, -0.2) is 23.9 Å². The lowest BCUT2D eigenvalue weighted by Gasteiger charge is -2.50. The highest BCUT2D eigenvalue weighted by Crippen LogP contribution is 2.47. The molecule has 1 saturated heterocycles. The number of hydrogen-bond acceptors (Lipinski definition) is 1. The first-order valence-electron chi connectivity index (χ1n) is 9.27. The van der Waals surface area contributed by atoms with Crippen molar-refractivity contribution < 1.29 is 18.0 Å². The maximum absolute atomic E-state index is 13.4. The molecule has 2 nitrogen and oxygen atoms in total. The molecule has 0 spiro atoms. The first-order valence-corrected chi connectivity index (χ1v) is 9.27. The summed E-state index contributed by atoms with van der Waals surface area (Å²) in [7, 11) is 1.86. The molecule has 0 aromatic heterocycles. The first-order chi connectivity index (χ1) is 12.7. The molecule has 142 valence electrons. The van der Waals surface area contributed by atoms with Crippen molar-refractivity contribution in [3.63, 3.8) is 0 Å². The predicted octanol–water partition coefficient (Wildman–Crippen LogP) is 5.20. The second-order valence-corrected chi connectivity index (χ2v) is 7.89. The highest BCUT2D eigenvalue weighted by atomic mass is 19.4. The number of piperidine rings is 1. The zero-order chi connectivity index (χ0) is 19.4. The van der Waals surface area contributed by atoms with Gasteiger partial charge in [0.25, 0.3) is 0 Å². The number of rotatable bonds is 1. The van der Waals surface area contributed by atoms with Gasteiger partial charge >= 0.3 is 6.18 Å². The van der Waals surface area contributed by atoms with E-state index in [1.54, 1.807) is 12.1 Å². The molecule has 0 unspecified atom stereocenters. The molecule has 2 aromatic carbocycles. The van der Waals surface area contributed by atoms with Gasteiger partial charge in [0.15, 0.2) is 0 Å². The number of aryl methyl sites for hydroxylation is 1. The number of benzene rings is 2. The zero-order valence-electron chi connectivity index (χ0n) is 15.4. The SMILES string of the molecule is CN1C(=O)CC[C@]2(C)c3ccc(-c4ccccc4C(F)(F)F)cc3CC[C@@H]12. The summed E-state index contributed by atoms with van der Waals surface area (Å²) in [6.07, 6.45) is -1.46. The number of fused-ring (bicyclic) bond motifs is 3. The highest BCUT2D eigenvalue weighted by Gasteiger charge is 2.46. The van der Waals surface area contributed by atoms with E-state index in [1.807, 2.05) is 24.1 Å². The van der Waals surface area contributed by atoms with Crippen LogP contribution in [0.5, 0.6) is 0 Å². The van der Waals surface area contributed by atoms with Crippen LogP contribution < -0.4 is 0 Å². The monoisotopic (exact) mass is 373 g/mol. The lowest BCUT2D eigenvalue weighted by Crippen LogP contribution is -2.56. The molecule has 2 aliphatic rings. The molecule has 2 atom stereocenters. The molecule has 1 amide bonds. The van der Waals surface area contributed by atoms with Crippen LogP contribution in [0.2, 0.25) is 0 Å². The first kappa shape index (κ1) is 18.1. The molecule has 27 heavy (non-hydrogen) atoms. The summed E-state index contributed by atoms with van der Waals surface area (Å²) in [4.78, 5) is 14.0. The molecule has 4 rings (SSSR count).